The summed E-state index contributed by atoms with van der Waals surface area (Å²) in [5, 5.41) is 4.28. The van der Waals surface area contributed by atoms with Crippen LogP contribution in [0.15, 0.2) is 48.5 Å². The van der Waals surface area contributed by atoms with Gasteiger partial charge in [-0.1, -0.05) is 76.2 Å². The van der Waals surface area contributed by atoms with Crippen LogP contribution >= 0.6 is 10.0 Å². The molecule has 174 valence electrons. The van der Waals surface area contributed by atoms with Crippen LogP contribution in [-0.4, -0.2) is 12.5 Å². The fourth-order valence-electron chi connectivity index (χ4n) is 8.26. The average Bonchev–Trinajstić information content (AvgIpc) is 3.24. The van der Waals surface area contributed by atoms with E-state index in [1.807, 2.05) is 0 Å². The van der Waals surface area contributed by atoms with Crippen molar-refractivity contribution in [1.82, 2.24) is 0 Å². The van der Waals surface area contributed by atoms with Gasteiger partial charge in [-0.3, -0.25) is 0 Å². The lowest BCUT2D eigenvalue weighted by Crippen LogP contribution is -2.22. The summed E-state index contributed by atoms with van der Waals surface area (Å²) in [6.07, 6.45) is 10.7. The molecule has 0 aliphatic heterocycles. The molecule has 0 saturated heterocycles. The summed E-state index contributed by atoms with van der Waals surface area (Å²) >= 11 is 0. The minimum Gasteiger partial charge on any atom is -0.233 e. The van der Waals surface area contributed by atoms with Gasteiger partial charge in [0.2, 0.25) is 0 Å². The summed E-state index contributed by atoms with van der Waals surface area (Å²) in [5.74, 6) is 2.74. The third-order valence-corrected chi connectivity index (χ3v) is 14.0. The van der Waals surface area contributed by atoms with Gasteiger partial charge in [0.15, 0.2) is 0 Å². The highest BCUT2D eigenvalue weighted by molar-refractivity contribution is 8.33. The summed E-state index contributed by atoms with van der Waals surface area (Å²) in [6, 6.07) is 19.1. The average molecular weight is 457 g/mol. The van der Waals surface area contributed by atoms with E-state index in [1.54, 1.807) is 33.4 Å². The third-order valence-electron chi connectivity index (χ3n) is 9.98. The Morgan fingerprint density at radius 1 is 0.667 bits per heavy atom. The number of hydrogen-bond donors (Lipinski definition) is 0. The number of aryl methyl sites for hydroxylation is 1. The second kappa shape index (κ2) is 7.64. The van der Waals surface area contributed by atoms with E-state index in [0.717, 1.165) is 5.92 Å². The van der Waals surface area contributed by atoms with Crippen LogP contribution in [0.25, 0.3) is 10.8 Å². The van der Waals surface area contributed by atoms with E-state index >= 15 is 0 Å². The highest BCUT2D eigenvalue weighted by Gasteiger charge is 2.50. The maximum absolute atomic E-state index is 2.69. The first-order valence-electron chi connectivity index (χ1n) is 13.2. The Hall–Kier alpha value is -1.73. The fraction of sp³-hybridized carbons (Fsp3) is 0.500. The molecule has 0 heterocycles. The maximum atomic E-state index is 2.69. The minimum absolute atomic E-state index is 0.625. The quantitative estimate of drug-likeness (QED) is 0.361. The molecular formula is C32H40S. The first-order chi connectivity index (χ1) is 15.8. The molecule has 3 aromatic rings. The Morgan fingerprint density at radius 2 is 1.27 bits per heavy atom. The highest BCUT2D eigenvalue weighted by Crippen LogP contribution is 2.76. The largest absolute Gasteiger partial charge is 0.233 e. The number of benzene rings is 3. The summed E-state index contributed by atoms with van der Waals surface area (Å²) in [6.45, 7) is 10.2. The molecule has 0 nitrogen and oxygen atoms in total. The monoisotopic (exact) mass is 456 g/mol. The summed E-state index contributed by atoms with van der Waals surface area (Å²) in [7, 11) is -0.925. The summed E-state index contributed by atoms with van der Waals surface area (Å²) in [4.78, 5) is 0. The molecule has 3 aromatic carbocycles. The molecule has 0 radical (unpaired) electrons. The third kappa shape index (κ3) is 2.97. The van der Waals surface area contributed by atoms with Gasteiger partial charge in [-0.25, -0.2) is 10.0 Å². The van der Waals surface area contributed by atoms with Gasteiger partial charge in [0.1, 0.15) is 0 Å². The van der Waals surface area contributed by atoms with Crippen molar-refractivity contribution in [3.05, 3.63) is 81.9 Å². The van der Waals surface area contributed by atoms with Gasteiger partial charge >= 0.3 is 0 Å². The van der Waals surface area contributed by atoms with Crippen molar-refractivity contribution in [1.29, 1.82) is 0 Å². The summed E-state index contributed by atoms with van der Waals surface area (Å²) < 4.78 is 0. The van der Waals surface area contributed by atoms with E-state index in [2.05, 4.69) is 88.7 Å². The molecule has 6 unspecified atom stereocenters. The first-order valence-corrected chi connectivity index (χ1v) is 15.8. The van der Waals surface area contributed by atoms with Crippen molar-refractivity contribution in [2.45, 2.75) is 75.7 Å². The molecule has 0 bridgehead atoms. The zero-order valence-electron chi connectivity index (χ0n) is 21.3. The van der Waals surface area contributed by atoms with Crippen LogP contribution in [-0.2, 0) is 12.8 Å². The van der Waals surface area contributed by atoms with Crippen molar-refractivity contribution in [2.24, 2.45) is 11.8 Å². The molecule has 6 atom stereocenters. The first kappa shape index (κ1) is 21.8. The zero-order chi connectivity index (χ0) is 23.1. The van der Waals surface area contributed by atoms with Crippen molar-refractivity contribution >= 4 is 20.8 Å². The molecule has 0 saturated carbocycles. The van der Waals surface area contributed by atoms with Crippen LogP contribution in [0.5, 0.6) is 0 Å². The number of rotatable bonds is 2. The highest BCUT2D eigenvalue weighted by atomic mass is 32.3. The molecule has 6 rings (SSSR count). The van der Waals surface area contributed by atoms with Gasteiger partial charge in [0.05, 0.1) is 0 Å². The van der Waals surface area contributed by atoms with Crippen LogP contribution in [0.2, 0.25) is 0 Å². The van der Waals surface area contributed by atoms with Gasteiger partial charge in [-0.05, 0) is 106 Å². The van der Waals surface area contributed by atoms with E-state index < -0.39 is 10.0 Å². The predicted octanol–water partition coefficient (Wildman–Crippen LogP) is 9.07. The molecule has 33 heavy (non-hydrogen) atoms. The zero-order valence-corrected chi connectivity index (χ0v) is 22.1. The van der Waals surface area contributed by atoms with Gasteiger partial charge in [-0.2, -0.15) is 0 Å². The normalized spacial score (nSPS) is 31.3. The van der Waals surface area contributed by atoms with Crippen molar-refractivity contribution < 1.29 is 0 Å². The standard InChI is InChI=1S/C32H40S/c1-19-21(3)31(27-17-15-23-11-7-9-13-25(23)29(19)27)33(5,6)32-22(4)20(2)30-26-14-10-8-12-24(26)16-18-28(30)32/h7,9,11,13,15-22,31-32H,8,10,12,14H2,1-6H3. The SMILES string of the molecule is CC1c2c(ccc3c2CCCC3)C(S(C)(C)C2c3ccc4ccccc4c3C(C)C2C)C1C. The van der Waals surface area contributed by atoms with Gasteiger partial charge in [0.25, 0.3) is 0 Å². The maximum Gasteiger partial charge on any atom is 0.0175 e. The van der Waals surface area contributed by atoms with E-state index in [9.17, 15) is 0 Å². The Kier molecular flexibility index (Phi) is 5.04. The second-order valence-electron chi connectivity index (χ2n) is 11.8. The van der Waals surface area contributed by atoms with Crippen molar-refractivity contribution in [3.8, 4) is 0 Å². The second-order valence-corrected chi connectivity index (χ2v) is 15.8. The lowest BCUT2D eigenvalue weighted by molar-refractivity contribution is 0.496. The molecule has 0 fully saturated rings. The van der Waals surface area contributed by atoms with E-state index in [-0.39, 0.29) is 0 Å². The van der Waals surface area contributed by atoms with Crippen LogP contribution in [0.1, 0.15) is 96.3 Å². The predicted molar refractivity (Wildman–Crippen MR) is 147 cm³/mol. The topological polar surface area (TPSA) is 0 Å². The van der Waals surface area contributed by atoms with Crippen molar-refractivity contribution in [2.75, 3.05) is 12.5 Å². The molecule has 0 spiro atoms. The smallest absolute Gasteiger partial charge is 0.0175 e. The molecule has 0 aromatic heterocycles. The minimum atomic E-state index is -0.925. The van der Waals surface area contributed by atoms with Gasteiger partial charge in [-0.15, -0.1) is 0 Å². The van der Waals surface area contributed by atoms with E-state index in [4.69, 9.17) is 0 Å². The van der Waals surface area contributed by atoms with Crippen LogP contribution in [0.3, 0.4) is 0 Å². The molecular weight excluding hydrogens is 416 g/mol. The Bertz CT molecular complexity index is 1230. The van der Waals surface area contributed by atoms with Crippen LogP contribution < -0.4 is 0 Å². The number of fused-ring (bicyclic) bond motifs is 6. The molecule has 3 aliphatic carbocycles. The van der Waals surface area contributed by atoms with Gasteiger partial charge < -0.3 is 0 Å². The van der Waals surface area contributed by atoms with Crippen LogP contribution in [0, 0.1) is 11.8 Å². The Balaban J connectivity index is 1.50. The molecule has 3 aliphatic rings. The molecule has 0 amide bonds. The fourth-order valence-corrected chi connectivity index (χ4v) is 13.0. The van der Waals surface area contributed by atoms with Crippen molar-refractivity contribution in [3.63, 3.8) is 0 Å². The molecule has 1 heteroatoms. The van der Waals surface area contributed by atoms with E-state index in [0.29, 0.717) is 28.3 Å². The molecule has 0 N–H and O–H groups in total. The van der Waals surface area contributed by atoms with E-state index in [1.165, 1.54) is 36.5 Å². The lowest BCUT2D eigenvalue weighted by atomic mass is 9.83. The van der Waals surface area contributed by atoms with Gasteiger partial charge in [0, 0.05) is 10.5 Å². The van der Waals surface area contributed by atoms with Crippen LogP contribution in [0.4, 0.5) is 0 Å². The Morgan fingerprint density at radius 3 is 2.03 bits per heavy atom. The summed E-state index contributed by atoms with van der Waals surface area (Å²) in [5.41, 5.74) is 10.2. The lowest BCUT2D eigenvalue weighted by Gasteiger charge is -2.48. The number of hydrogen-bond acceptors (Lipinski definition) is 0. The Labute approximate surface area is 202 Å².